The molecule has 1 amide bonds. The van der Waals surface area contributed by atoms with E-state index in [1.54, 1.807) is 30.5 Å². The molecule has 2 aliphatic heterocycles. The minimum atomic E-state index is -0.503. The Kier molecular flexibility index (Phi) is 4.69. The van der Waals surface area contributed by atoms with Crippen molar-refractivity contribution in [3.8, 4) is 11.4 Å². The molecule has 0 radical (unpaired) electrons. The summed E-state index contributed by atoms with van der Waals surface area (Å²) in [5.41, 5.74) is 3.64. The van der Waals surface area contributed by atoms with Gasteiger partial charge in [0.15, 0.2) is 0 Å². The highest BCUT2D eigenvalue weighted by molar-refractivity contribution is 6.06. The lowest BCUT2D eigenvalue weighted by Crippen LogP contribution is -2.35. The first-order chi connectivity index (χ1) is 15.0. The SMILES string of the molecule is COc1cc(CC2N=C3NCC(c4ccc(F)cc4)N3C2=O)ccc1-n1cnc(C)c1. The molecule has 1 fully saturated rings. The Morgan fingerprint density at radius 2 is 2.03 bits per heavy atom. The number of rotatable bonds is 5. The molecule has 1 N–H and O–H groups in total. The van der Waals surface area contributed by atoms with E-state index in [0.717, 1.165) is 22.5 Å². The van der Waals surface area contributed by atoms with Crippen molar-refractivity contribution in [2.75, 3.05) is 13.7 Å². The van der Waals surface area contributed by atoms with Gasteiger partial charge in [0.25, 0.3) is 5.91 Å². The molecule has 0 saturated carbocycles. The van der Waals surface area contributed by atoms with Crippen molar-refractivity contribution < 1.29 is 13.9 Å². The van der Waals surface area contributed by atoms with Crippen molar-refractivity contribution in [1.29, 1.82) is 0 Å². The maximum atomic E-state index is 13.3. The average molecular weight is 419 g/mol. The summed E-state index contributed by atoms with van der Waals surface area (Å²) in [6.45, 7) is 2.50. The Labute approximate surface area is 179 Å². The fourth-order valence-corrected chi connectivity index (χ4v) is 4.16. The van der Waals surface area contributed by atoms with E-state index in [9.17, 15) is 9.18 Å². The molecule has 3 aromatic rings. The van der Waals surface area contributed by atoms with Crippen LogP contribution in [0.1, 0.15) is 22.9 Å². The summed E-state index contributed by atoms with van der Waals surface area (Å²) in [5, 5.41) is 3.21. The molecule has 7 nitrogen and oxygen atoms in total. The Morgan fingerprint density at radius 3 is 2.74 bits per heavy atom. The number of aromatic nitrogens is 2. The highest BCUT2D eigenvalue weighted by atomic mass is 19.1. The fraction of sp³-hybridized carbons (Fsp3) is 0.261. The van der Waals surface area contributed by atoms with Crippen molar-refractivity contribution in [3.05, 3.63) is 77.6 Å². The van der Waals surface area contributed by atoms with E-state index >= 15 is 0 Å². The minimum absolute atomic E-state index is 0.0531. The highest BCUT2D eigenvalue weighted by Crippen LogP contribution is 2.31. The van der Waals surface area contributed by atoms with Gasteiger partial charge in [0, 0.05) is 19.2 Å². The number of hydrogen-bond acceptors (Lipinski definition) is 5. The molecule has 2 unspecified atom stereocenters. The zero-order valence-electron chi connectivity index (χ0n) is 17.2. The first kappa shape index (κ1) is 19.3. The lowest BCUT2D eigenvalue weighted by molar-refractivity contribution is -0.128. The van der Waals surface area contributed by atoms with Crippen LogP contribution in [-0.4, -0.2) is 46.0 Å². The van der Waals surface area contributed by atoms with Crippen LogP contribution >= 0.6 is 0 Å². The van der Waals surface area contributed by atoms with E-state index in [1.807, 2.05) is 35.9 Å². The zero-order valence-corrected chi connectivity index (χ0v) is 17.2. The van der Waals surface area contributed by atoms with Crippen LogP contribution in [0.15, 0.2) is 60.0 Å². The van der Waals surface area contributed by atoms with E-state index in [1.165, 1.54) is 12.1 Å². The molecular formula is C23H22FN5O2. The third-order valence-corrected chi connectivity index (χ3v) is 5.71. The summed E-state index contributed by atoms with van der Waals surface area (Å²) in [6.07, 6.45) is 4.14. The minimum Gasteiger partial charge on any atom is -0.495 e. The molecule has 2 aliphatic rings. The number of carbonyl (C=O) groups excluding carboxylic acids is 1. The topological polar surface area (TPSA) is 71.8 Å². The summed E-state index contributed by atoms with van der Waals surface area (Å²) in [5.74, 6) is 0.942. The van der Waals surface area contributed by atoms with E-state index in [-0.39, 0.29) is 17.8 Å². The Balaban J connectivity index is 1.36. The number of amides is 1. The highest BCUT2D eigenvalue weighted by Gasteiger charge is 2.43. The standard InChI is InChI=1S/C23H22FN5O2/c1-14-12-28(13-26-14)19-8-3-15(10-21(19)31-2)9-18-22(30)29-20(11-25-23(29)27-18)16-4-6-17(24)7-5-16/h3-8,10,12-13,18,20H,9,11H2,1-2H3,(H,25,27). The summed E-state index contributed by atoms with van der Waals surface area (Å²) >= 11 is 0. The van der Waals surface area contributed by atoms with Gasteiger partial charge in [-0.3, -0.25) is 9.69 Å². The number of carbonyl (C=O) groups is 1. The summed E-state index contributed by atoms with van der Waals surface area (Å²) < 4.78 is 20.8. The summed E-state index contributed by atoms with van der Waals surface area (Å²) in [6, 6.07) is 11.5. The smallest absolute Gasteiger partial charge is 0.255 e. The van der Waals surface area contributed by atoms with Gasteiger partial charge in [-0.15, -0.1) is 0 Å². The third kappa shape index (κ3) is 3.43. The van der Waals surface area contributed by atoms with Crippen LogP contribution in [-0.2, 0) is 11.2 Å². The van der Waals surface area contributed by atoms with Crippen molar-refractivity contribution >= 4 is 11.9 Å². The molecule has 0 spiro atoms. The lowest BCUT2D eigenvalue weighted by Gasteiger charge is -2.21. The van der Waals surface area contributed by atoms with E-state index in [0.29, 0.717) is 24.7 Å². The number of fused-ring (bicyclic) bond motifs is 1. The number of nitrogens with zero attached hydrogens (tertiary/aromatic N) is 4. The number of ether oxygens (including phenoxy) is 1. The molecular weight excluding hydrogens is 397 g/mol. The second kappa shape index (κ2) is 7.54. The van der Waals surface area contributed by atoms with Gasteiger partial charge < -0.3 is 14.6 Å². The average Bonchev–Trinajstić information content (AvgIpc) is 3.46. The molecule has 2 atom stereocenters. The quantitative estimate of drug-likeness (QED) is 0.690. The van der Waals surface area contributed by atoms with Gasteiger partial charge in [-0.1, -0.05) is 18.2 Å². The van der Waals surface area contributed by atoms with E-state index < -0.39 is 6.04 Å². The maximum Gasteiger partial charge on any atom is 0.255 e. The van der Waals surface area contributed by atoms with Crippen LogP contribution in [0.25, 0.3) is 5.69 Å². The lowest BCUT2D eigenvalue weighted by atomic mass is 10.0. The molecule has 1 saturated heterocycles. The molecule has 1 aromatic heterocycles. The van der Waals surface area contributed by atoms with Crippen molar-refractivity contribution in [3.63, 3.8) is 0 Å². The molecule has 8 heteroatoms. The summed E-state index contributed by atoms with van der Waals surface area (Å²) in [7, 11) is 1.63. The van der Waals surface area contributed by atoms with Crippen molar-refractivity contribution in [1.82, 2.24) is 19.8 Å². The van der Waals surface area contributed by atoms with Crippen molar-refractivity contribution in [2.24, 2.45) is 4.99 Å². The number of nitrogens with one attached hydrogen (secondary N) is 1. The van der Waals surface area contributed by atoms with Crippen molar-refractivity contribution in [2.45, 2.75) is 25.4 Å². The zero-order chi connectivity index (χ0) is 21.5. The van der Waals surface area contributed by atoms with Gasteiger partial charge in [0.2, 0.25) is 5.96 Å². The molecule has 3 heterocycles. The predicted molar refractivity (Wildman–Crippen MR) is 114 cm³/mol. The molecule has 2 aromatic carbocycles. The van der Waals surface area contributed by atoms with E-state index in [4.69, 9.17) is 4.74 Å². The van der Waals surface area contributed by atoms with Crippen LogP contribution < -0.4 is 10.1 Å². The number of halogens is 1. The van der Waals surface area contributed by atoms with Gasteiger partial charge in [-0.25, -0.2) is 14.4 Å². The predicted octanol–water partition coefficient (Wildman–Crippen LogP) is 2.78. The van der Waals surface area contributed by atoms with Crippen LogP contribution in [0.5, 0.6) is 5.75 Å². The monoisotopic (exact) mass is 419 g/mol. The number of imidazole rings is 1. The van der Waals surface area contributed by atoms with Crippen LogP contribution in [0.2, 0.25) is 0 Å². The number of benzene rings is 2. The van der Waals surface area contributed by atoms with Crippen LogP contribution in [0.4, 0.5) is 4.39 Å². The molecule has 5 rings (SSSR count). The molecule has 158 valence electrons. The number of aliphatic imine (C=N–C) groups is 1. The van der Waals surface area contributed by atoms with E-state index in [2.05, 4.69) is 15.3 Å². The number of hydrogen-bond donors (Lipinski definition) is 1. The Bertz CT molecular complexity index is 1170. The van der Waals surface area contributed by atoms with Gasteiger partial charge in [-0.05, 0) is 42.3 Å². The maximum absolute atomic E-state index is 13.3. The molecule has 0 bridgehead atoms. The van der Waals surface area contributed by atoms with Crippen LogP contribution in [0, 0.1) is 12.7 Å². The number of guanidine groups is 1. The number of aryl methyl sites for hydroxylation is 1. The van der Waals surface area contributed by atoms with Gasteiger partial charge in [-0.2, -0.15) is 0 Å². The molecule has 0 aliphatic carbocycles. The first-order valence-electron chi connectivity index (χ1n) is 10.1. The van der Waals surface area contributed by atoms with Gasteiger partial charge >= 0.3 is 0 Å². The largest absolute Gasteiger partial charge is 0.495 e. The second-order valence-electron chi connectivity index (χ2n) is 7.76. The molecule has 31 heavy (non-hydrogen) atoms. The Hall–Kier alpha value is -3.68. The van der Waals surface area contributed by atoms with Gasteiger partial charge in [0.1, 0.15) is 17.6 Å². The fourth-order valence-electron chi connectivity index (χ4n) is 4.16. The second-order valence-corrected chi connectivity index (χ2v) is 7.76. The van der Waals surface area contributed by atoms with Gasteiger partial charge in [0.05, 0.1) is 30.9 Å². The summed E-state index contributed by atoms with van der Waals surface area (Å²) in [4.78, 5) is 23.7. The van der Waals surface area contributed by atoms with Crippen LogP contribution in [0.3, 0.4) is 0 Å². The third-order valence-electron chi connectivity index (χ3n) is 5.71. The number of methoxy groups -OCH3 is 1. The normalized spacial score (nSPS) is 19.9. The first-order valence-corrected chi connectivity index (χ1v) is 10.1. The Morgan fingerprint density at radius 1 is 1.23 bits per heavy atom.